The number of carboxylic acid groups (broad SMARTS) is 1. The highest BCUT2D eigenvalue weighted by Gasteiger charge is 2.35. The molecule has 1 aromatic rings. The molecular formula is C6H2ClF3N2O2. The molecule has 1 N–H and O–H groups in total. The molecule has 0 aromatic carbocycles. The van der Waals surface area contributed by atoms with Crippen LogP contribution in [-0.2, 0) is 6.18 Å². The zero-order valence-corrected chi connectivity index (χ0v) is 7.10. The highest BCUT2D eigenvalue weighted by Crippen LogP contribution is 2.27. The Balaban J connectivity index is 3.28. The Labute approximate surface area is 80.4 Å². The van der Waals surface area contributed by atoms with E-state index < -0.39 is 28.8 Å². The topological polar surface area (TPSA) is 63.1 Å². The van der Waals surface area contributed by atoms with E-state index in [1.807, 2.05) is 0 Å². The summed E-state index contributed by atoms with van der Waals surface area (Å²) in [4.78, 5) is 16.0. The quantitative estimate of drug-likeness (QED) is 0.742. The fourth-order valence-electron chi connectivity index (χ4n) is 0.654. The van der Waals surface area contributed by atoms with Crippen LogP contribution < -0.4 is 0 Å². The van der Waals surface area contributed by atoms with E-state index >= 15 is 0 Å². The standard InChI is InChI=1S/C6H2ClF3N2O2/c7-3-1-2(4(13)14)11-5(12-3)6(8,9)10/h1H,(H,13,14). The van der Waals surface area contributed by atoms with Gasteiger partial charge in [0.2, 0.25) is 5.82 Å². The third-order valence-corrected chi connectivity index (χ3v) is 1.36. The van der Waals surface area contributed by atoms with Crippen LogP contribution in [0.3, 0.4) is 0 Å². The maximum Gasteiger partial charge on any atom is 0.451 e. The van der Waals surface area contributed by atoms with Gasteiger partial charge in [0.15, 0.2) is 5.69 Å². The number of rotatable bonds is 1. The van der Waals surface area contributed by atoms with E-state index in [0.717, 1.165) is 6.07 Å². The lowest BCUT2D eigenvalue weighted by Crippen LogP contribution is -2.14. The van der Waals surface area contributed by atoms with Gasteiger partial charge >= 0.3 is 12.1 Å². The van der Waals surface area contributed by atoms with E-state index in [2.05, 4.69) is 9.97 Å². The van der Waals surface area contributed by atoms with Gasteiger partial charge in [-0.2, -0.15) is 13.2 Å². The van der Waals surface area contributed by atoms with Crippen molar-refractivity contribution in [1.82, 2.24) is 9.97 Å². The molecule has 0 atom stereocenters. The zero-order valence-electron chi connectivity index (χ0n) is 6.34. The molecule has 0 aliphatic rings. The molecule has 0 bridgehead atoms. The molecule has 0 aliphatic carbocycles. The van der Waals surface area contributed by atoms with Crippen LogP contribution in [0.2, 0.25) is 5.15 Å². The molecule has 0 spiro atoms. The van der Waals surface area contributed by atoms with Crippen LogP contribution in [0.15, 0.2) is 6.07 Å². The summed E-state index contributed by atoms with van der Waals surface area (Å²) in [7, 11) is 0. The normalized spacial score (nSPS) is 11.4. The van der Waals surface area contributed by atoms with Crippen molar-refractivity contribution in [2.45, 2.75) is 6.18 Å². The van der Waals surface area contributed by atoms with Crippen molar-refractivity contribution in [2.24, 2.45) is 0 Å². The first-order valence-corrected chi connectivity index (χ1v) is 3.53. The summed E-state index contributed by atoms with van der Waals surface area (Å²) in [6, 6.07) is 0.735. The van der Waals surface area contributed by atoms with Crippen LogP contribution in [-0.4, -0.2) is 21.0 Å². The van der Waals surface area contributed by atoms with E-state index in [0.29, 0.717) is 0 Å². The lowest BCUT2D eigenvalue weighted by Gasteiger charge is -2.05. The molecule has 14 heavy (non-hydrogen) atoms. The molecule has 0 amide bonds. The minimum Gasteiger partial charge on any atom is -0.477 e. The molecule has 76 valence electrons. The predicted molar refractivity (Wildman–Crippen MR) is 39.0 cm³/mol. The van der Waals surface area contributed by atoms with Crippen molar-refractivity contribution in [3.8, 4) is 0 Å². The molecule has 1 rings (SSSR count). The van der Waals surface area contributed by atoms with Gasteiger partial charge in [0, 0.05) is 6.07 Å². The van der Waals surface area contributed by atoms with Gasteiger partial charge in [0.25, 0.3) is 0 Å². The van der Waals surface area contributed by atoms with Crippen LogP contribution in [0.4, 0.5) is 13.2 Å². The first-order chi connectivity index (χ1) is 6.30. The average Bonchev–Trinajstić information content (AvgIpc) is 2.01. The first kappa shape index (κ1) is 10.7. The predicted octanol–water partition coefficient (Wildman–Crippen LogP) is 1.85. The minimum absolute atomic E-state index is 0.565. The second-order valence-corrected chi connectivity index (χ2v) is 2.59. The number of hydrogen-bond acceptors (Lipinski definition) is 3. The van der Waals surface area contributed by atoms with E-state index in [1.165, 1.54) is 0 Å². The van der Waals surface area contributed by atoms with Crippen molar-refractivity contribution in [3.63, 3.8) is 0 Å². The third kappa shape index (κ3) is 2.32. The largest absolute Gasteiger partial charge is 0.477 e. The number of carboxylic acids is 1. The summed E-state index contributed by atoms with van der Waals surface area (Å²) < 4.78 is 36.1. The van der Waals surface area contributed by atoms with E-state index in [-0.39, 0.29) is 0 Å². The summed E-state index contributed by atoms with van der Waals surface area (Å²) >= 11 is 5.19. The maximum atomic E-state index is 12.0. The molecule has 0 saturated carbocycles. The summed E-state index contributed by atoms with van der Waals surface area (Å²) in [5.41, 5.74) is -0.794. The van der Waals surface area contributed by atoms with Gasteiger partial charge in [-0.25, -0.2) is 14.8 Å². The van der Waals surface area contributed by atoms with E-state index in [1.54, 1.807) is 0 Å². The smallest absolute Gasteiger partial charge is 0.451 e. The van der Waals surface area contributed by atoms with Gasteiger partial charge in [-0.15, -0.1) is 0 Å². The van der Waals surface area contributed by atoms with Gasteiger partial charge < -0.3 is 5.11 Å². The molecule has 4 nitrogen and oxygen atoms in total. The van der Waals surface area contributed by atoms with Crippen molar-refractivity contribution in [1.29, 1.82) is 0 Å². The van der Waals surface area contributed by atoms with E-state index in [9.17, 15) is 18.0 Å². The molecule has 8 heteroatoms. The van der Waals surface area contributed by atoms with Crippen LogP contribution in [0.1, 0.15) is 16.3 Å². The summed E-state index contributed by atoms with van der Waals surface area (Å²) in [6.45, 7) is 0. The lowest BCUT2D eigenvalue weighted by atomic mass is 10.4. The second kappa shape index (κ2) is 3.41. The maximum absolute atomic E-state index is 12.0. The number of carbonyl (C=O) groups is 1. The monoisotopic (exact) mass is 226 g/mol. The molecule has 0 fully saturated rings. The molecule has 0 aliphatic heterocycles. The Hall–Kier alpha value is -1.37. The van der Waals surface area contributed by atoms with Gasteiger partial charge in [-0.3, -0.25) is 0 Å². The second-order valence-electron chi connectivity index (χ2n) is 2.20. The molecule has 0 saturated heterocycles. The fraction of sp³-hybridized carbons (Fsp3) is 0.167. The van der Waals surface area contributed by atoms with Gasteiger partial charge in [0.05, 0.1) is 0 Å². The Bertz CT molecular complexity index is 380. The zero-order chi connectivity index (χ0) is 10.9. The van der Waals surface area contributed by atoms with Crippen LogP contribution in [0, 0.1) is 0 Å². The van der Waals surface area contributed by atoms with Crippen LogP contribution >= 0.6 is 11.6 Å². The van der Waals surface area contributed by atoms with Gasteiger partial charge in [-0.1, -0.05) is 11.6 Å². The first-order valence-electron chi connectivity index (χ1n) is 3.16. The number of alkyl halides is 3. The number of aromatic carboxylic acids is 1. The summed E-state index contributed by atoms with van der Waals surface area (Å²) in [6.07, 6.45) is -4.81. The van der Waals surface area contributed by atoms with Gasteiger partial charge in [-0.05, 0) is 0 Å². The van der Waals surface area contributed by atoms with Crippen molar-refractivity contribution >= 4 is 17.6 Å². The SMILES string of the molecule is O=C(O)c1cc(Cl)nc(C(F)(F)F)n1. The highest BCUT2D eigenvalue weighted by molar-refractivity contribution is 6.29. The van der Waals surface area contributed by atoms with E-state index in [4.69, 9.17) is 16.7 Å². The molecule has 1 heterocycles. The van der Waals surface area contributed by atoms with Crippen molar-refractivity contribution < 1.29 is 23.1 Å². The lowest BCUT2D eigenvalue weighted by molar-refractivity contribution is -0.145. The third-order valence-electron chi connectivity index (χ3n) is 1.17. The summed E-state index contributed by atoms with van der Waals surface area (Å²) in [5.74, 6) is -3.16. The fourth-order valence-corrected chi connectivity index (χ4v) is 0.837. The van der Waals surface area contributed by atoms with Crippen molar-refractivity contribution in [3.05, 3.63) is 22.7 Å². The number of halogens is 4. The summed E-state index contributed by atoms with van der Waals surface area (Å²) in [5, 5.41) is 7.82. The van der Waals surface area contributed by atoms with Crippen LogP contribution in [0.5, 0.6) is 0 Å². The molecular weight excluding hydrogens is 225 g/mol. The highest BCUT2D eigenvalue weighted by atomic mass is 35.5. The van der Waals surface area contributed by atoms with Crippen LogP contribution in [0.25, 0.3) is 0 Å². The van der Waals surface area contributed by atoms with Gasteiger partial charge in [0.1, 0.15) is 5.15 Å². The number of aromatic nitrogens is 2. The average molecular weight is 227 g/mol. The Morgan fingerprint density at radius 2 is 2.00 bits per heavy atom. The Morgan fingerprint density at radius 1 is 1.43 bits per heavy atom. The molecule has 0 unspecified atom stereocenters. The van der Waals surface area contributed by atoms with Crippen molar-refractivity contribution in [2.75, 3.05) is 0 Å². The molecule has 1 aromatic heterocycles. The Kier molecular flexibility index (Phi) is 2.61. The Morgan fingerprint density at radius 3 is 2.43 bits per heavy atom. The number of nitrogens with zero attached hydrogens (tertiary/aromatic N) is 2. The minimum atomic E-state index is -4.81. The number of hydrogen-bond donors (Lipinski definition) is 1. The molecule has 0 radical (unpaired) electrons.